The van der Waals surface area contributed by atoms with E-state index in [4.69, 9.17) is 5.73 Å². The van der Waals surface area contributed by atoms with Gasteiger partial charge in [-0.25, -0.2) is 8.42 Å². The van der Waals surface area contributed by atoms with Crippen molar-refractivity contribution in [3.8, 4) is 0 Å². The molecule has 1 aromatic carbocycles. The fourth-order valence-corrected chi connectivity index (χ4v) is 2.97. The molecule has 1 aromatic heterocycles. The highest BCUT2D eigenvalue weighted by atomic mass is 32.2. The van der Waals surface area contributed by atoms with Crippen molar-refractivity contribution in [3.63, 3.8) is 0 Å². The van der Waals surface area contributed by atoms with Crippen LogP contribution in [0.15, 0.2) is 48.7 Å². The van der Waals surface area contributed by atoms with Crippen molar-refractivity contribution in [1.29, 1.82) is 0 Å². The van der Waals surface area contributed by atoms with Gasteiger partial charge in [0.25, 0.3) is 0 Å². The average Bonchev–Trinajstić information content (AvgIpc) is 2.39. The second-order valence-electron chi connectivity index (χ2n) is 4.58. The Kier molecular flexibility index (Phi) is 4.36. The molecule has 0 saturated carbocycles. The van der Waals surface area contributed by atoms with Gasteiger partial charge >= 0.3 is 0 Å². The van der Waals surface area contributed by atoms with Crippen LogP contribution in [-0.4, -0.2) is 24.8 Å². The summed E-state index contributed by atoms with van der Waals surface area (Å²) in [5, 5.41) is 0. The highest BCUT2D eigenvalue weighted by Gasteiger charge is 2.19. The minimum Gasteiger partial charge on any atom is -0.399 e. The molecule has 0 bridgehead atoms. The zero-order chi connectivity index (χ0) is 14.6. The van der Waals surface area contributed by atoms with Crippen LogP contribution in [0.2, 0.25) is 0 Å². The van der Waals surface area contributed by atoms with E-state index in [1.165, 1.54) is 4.31 Å². The van der Waals surface area contributed by atoms with Gasteiger partial charge in [0.05, 0.1) is 18.0 Å². The van der Waals surface area contributed by atoms with Gasteiger partial charge in [-0.3, -0.25) is 4.98 Å². The van der Waals surface area contributed by atoms with E-state index in [1.54, 1.807) is 49.6 Å². The second-order valence-corrected chi connectivity index (χ2v) is 6.65. The van der Waals surface area contributed by atoms with Gasteiger partial charge in [-0.05, 0) is 29.8 Å². The molecule has 2 rings (SSSR count). The van der Waals surface area contributed by atoms with E-state index in [0.717, 1.165) is 0 Å². The van der Waals surface area contributed by atoms with E-state index in [2.05, 4.69) is 4.98 Å². The number of pyridine rings is 1. The predicted octanol–water partition coefficient (Wildman–Crippen LogP) is 1.63. The summed E-state index contributed by atoms with van der Waals surface area (Å²) in [6, 6.07) is 12.3. The third-order valence-corrected chi connectivity index (χ3v) is 4.66. The molecule has 2 aromatic rings. The zero-order valence-corrected chi connectivity index (χ0v) is 12.0. The largest absolute Gasteiger partial charge is 0.399 e. The van der Waals surface area contributed by atoms with E-state index < -0.39 is 10.0 Å². The van der Waals surface area contributed by atoms with Crippen LogP contribution >= 0.6 is 0 Å². The fourth-order valence-electron chi connectivity index (χ4n) is 1.82. The molecule has 0 spiro atoms. The maximum Gasteiger partial charge on any atom is 0.218 e. The third-order valence-electron chi connectivity index (χ3n) is 2.89. The second kappa shape index (κ2) is 6.02. The standard InChI is InChI=1S/C14H17N3O2S/c1-17(10-14-7-2-3-8-16-14)20(18,19)11-12-5-4-6-13(15)9-12/h2-9H,10-11,15H2,1H3. The van der Waals surface area contributed by atoms with Crippen molar-refractivity contribution in [1.82, 2.24) is 9.29 Å². The molecule has 0 aliphatic carbocycles. The van der Waals surface area contributed by atoms with Crippen molar-refractivity contribution in [2.75, 3.05) is 12.8 Å². The SMILES string of the molecule is CN(Cc1ccccn1)S(=O)(=O)Cc1cccc(N)c1. The van der Waals surface area contributed by atoms with Crippen molar-refractivity contribution in [2.45, 2.75) is 12.3 Å². The number of nitrogens with two attached hydrogens (primary N) is 1. The topological polar surface area (TPSA) is 76.3 Å². The van der Waals surface area contributed by atoms with Crippen LogP contribution in [0.5, 0.6) is 0 Å². The zero-order valence-electron chi connectivity index (χ0n) is 11.2. The average molecular weight is 291 g/mol. The normalized spacial score (nSPS) is 11.7. The van der Waals surface area contributed by atoms with Crippen LogP contribution in [0, 0.1) is 0 Å². The molecule has 5 nitrogen and oxygen atoms in total. The number of aromatic nitrogens is 1. The quantitative estimate of drug-likeness (QED) is 0.849. The summed E-state index contributed by atoms with van der Waals surface area (Å²) in [6.07, 6.45) is 1.65. The van der Waals surface area contributed by atoms with Crippen molar-refractivity contribution >= 4 is 15.7 Å². The van der Waals surface area contributed by atoms with Crippen LogP contribution in [0.1, 0.15) is 11.3 Å². The molecule has 0 atom stereocenters. The molecule has 0 radical (unpaired) electrons. The molecule has 106 valence electrons. The summed E-state index contributed by atoms with van der Waals surface area (Å²) in [5.41, 5.74) is 7.61. The lowest BCUT2D eigenvalue weighted by Crippen LogP contribution is -2.28. The monoisotopic (exact) mass is 291 g/mol. The van der Waals surface area contributed by atoms with E-state index in [1.807, 2.05) is 6.07 Å². The van der Waals surface area contributed by atoms with Gasteiger partial charge in [0.2, 0.25) is 10.0 Å². The first kappa shape index (κ1) is 14.5. The number of anilines is 1. The molecule has 2 N–H and O–H groups in total. The molecule has 1 heterocycles. The smallest absolute Gasteiger partial charge is 0.218 e. The van der Waals surface area contributed by atoms with Crippen LogP contribution in [0.4, 0.5) is 5.69 Å². The molecular weight excluding hydrogens is 274 g/mol. The lowest BCUT2D eigenvalue weighted by Gasteiger charge is -2.16. The Bertz CT molecular complexity index is 672. The summed E-state index contributed by atoms with van der Waals surface area (Å²) in [5.74, 6) is -0.0681. The predicted molar refractivity (Wildman–Crippen MR) is 79.2 cm³/mol. The first-order chi connectivity index (χ1) is 9.47. The molecule has 0 fully saturated rings. The Balaban J connectivity index is 2.10. The minimum atomic E-state index is -3.39. The fraction of sp³-hybridized carbons (Fsp3) is 0.214. The Morgan fingerprint density at radius 1 is 1.20 bits per heavy atom. The first-order valence-electron chi connectivity index (χ1n) is 6.16. The summed E-state index contributed by atoms with van der Waals surface area (Å²) in [7, 11) is -1.84. The van der Waals surface area contributed by atoms with Gasteiger partial charge in [0.15, 0.2) is 0 Å². The van der Waals surface area contributed by atoms with Gasteiger partial charge in [-0.2, -0.15) is 4.31 Å². The molecule has 0 saturated heterocycles. The summed E-state index contributed by atoms with van der Waals surface area (Å²) in [4.78, 5) is 4.13. The minimum absolute atomic E-state index is 0.0681. The number of sulfonamides is 1. The van der Waals surface area contributed by atoms with E-state index in [-0.39, 0.29) is 12.3 Å². The van der Waals surface area contributed by atoms with Gasteiger partial charge < -0.3 is 5.73 Å². The number of nitrogen functional groups attached to an aromatic ring is 1. The number of rotatable bonds is 5. The van der Waals surface area contributed by atoms with Crippen molar-refractivity contribution < 1.29 is 8.42 Å². The molecule has 0 aliphatic rings. The van der Waals surface area contributed by atoms with Gasteiger partial charge in [0.1, 0.15) is 0 Å². The lowest BCUT2D eigenvalue weighted by molar-refractivity contribution is 0.461. The van der Waals surface area contributed by atoms with Crippen molar-refractivity contribution in [3.05, 3.63) is 59.9 Å². The lowest BCUT2D eigenvalue weighted by atomic mass is 10.2. The molecular formula is C14H17N3O2S. The summed E-state index contributed by atoms with van der Waals surface area (Å²) >= 11 is 0. The van der Waals surface area contributed by atoms with E-state index in [0.29, 0.717) is 16.9 Å². The van der Waals surface area contributed by atoms with Gasteiger partial charge in [-0.15, -0.1) is 0 Å². The van der Waals surface area contributed by atoms with Crippen LogP contribution in [0.3, 0.4) is 0 Å². The molecule has 0 unspecified atom stereocenters. The Hall–Kier alpha value is -1.92. The van der Waals surface area contributed by atoms with Crippen molar-refractivity contribution in [2.24, 2.45) is 0 Å². The first-order valence-corrected chi connectivity index (χ1v) is 7.76. The molecule has 6 heteroatoms. The summed E-state index contributed by atoms with van der Waals surface area (Å²) in [6.45, 7) is 0.255. The van der Waals surface area contributed by atoms with E-state index in [9.17, 15) is 8.42 Å². The van der Waals surface area contributed by atoms with Crippen LogP contribution < -0.4 is 5.73 Å². The highest BCUT2D eigenvalue weighted by Crippen LogP contribution is 2.14. The van der Waals surface area contributed by atoms with E-state index >= 15 is 0 Å². The third kappa shape index (κ3) is 3.79. The van der Waals surface area contributed by atoms with Gasteiger partial charge in [-0.1, -0.05) is 18.2 Å². The number of benzene rings is 1. The molecule has 20 heavy (non-hydrogen) atoms. The highest BCUT2D eigenvalue weighted by molar-refractivity contribution is 7.88. The maximum absolute atomic E-state index is 12.3. The number of hydrogen-bond donors (Lipinski definition) is 1. The Morgan fingerprint density at radius 3 is 2.65 bits per heavy atom. The Labute approximate surface area is 119 Å². The molecule has 0 aliphatic heterocycles. The maximum atomic E-state index is 12.3. The number of hydrogen-bond acceptors (Lipinski definition) is 4. The van der Waals surface area contributed by atoms with Gasteiger partial charge in [0, 0.05) is 18.9 Å². The number of nitrogens with zero attached hydrogens (tertiary/aromatic N) is 2. The molecule has 0 amide bonds. The summed E-state index contributed by atoms with van der Waals surface area (Å²) < 4.78 is 25.8. The van der Waals surface area contributed by atoms with Crippen LogP contribution in [-0.2, 0) is 22.3 Å². The Morgan fingerprint density at radius 2 is 2.00 bits per heavy atom. The van der Waals surface area contributed by atoms with Crippen LogP contribution in [0.25, 0.3) is 0 Å².